The predicted molar refractivity (Wildman–Crippen MR) is 173 cm³/mol. The summed E-state index contributed by atoms with van der Waals surface area (Å²) in [5.41, 5.74) is 4.01. The predicted octanol–water partition coefficient (Wildman–Crippen LogP) is 4.77. The number of carbonyl (C=O) groups is 3. The van der Waals surface area contributed by atoms with Crippen LogP contribution in [0.25, 0.3) is 0 Å². The first-order valence-corrected chi connectivity index (χ1v) is 15.1. The molecule has 6 rings (SSSR count). The van der Waals surface area contributed by atoms with Gasteiger partial charge in [0.15, 0.2) is 11.6 Å². The number of para-hydroxylation sites is 1. The first-order chi connectivity index (χ1) is 21.8. The smallest absolute Gasteiger partial charge is 0.335 e. The van der Waals surface area contributed by atoms with Crippen molar-refractivity contribution in [3.8, 4) is 0 Å². The highest BCUT2D eigenvalue weighted by molar-refractivity contribution is 6.09. The van der Waals surface area contributed by atoms with Crippen molar-refractivity contribution in [3.05, 3.63) is 125 Å². The van der Waals surface area contributed by atoms with Crippen LogP contribution in [0.2, 0.25) is 0 Å². The molecule has 0 saturated carbocycles. The number of fused-ring (bicyclic) bond motifs is 4. The average Bonchev–Trinajstić information content (AvgIpc) is 3.05. The van der Waals surface area contributed by atoms with Gasteiger partial charge in [-0.3, -0.25) is 9.59 Å². The number of carboxylic acid groups (broad SMARTS) is 1. The molecule has 0 aromatic heterocycles. The van der Waals surface area contributed by atoms with Gasteiger partial charge in [-0.2, -0.15) is 0 Å². The molecule has 45 heavy (non-hydrogen) atoms. The number of allylic oxidation sites excluding steroid dienone is 4. The van der Waals surface area contributed by atoms with Gasteiger partial charge in [-0.25, -0.2) is 4.79 Å². The summed E-state index contributed by atoms with van der Waals surface area (Å²) in [6, 6.07) is 13.8. The van der Waals surface area contributed by atoms with Crippen molar-refractivity contribution in [2.45, 2.75) is 25.6 Å². The van der Waals surface area contributed by atoms with Gasteiger partial charge in [0.25, 0.3) is 0 Å². The molecule has 2 heterocycles. The number of likely N-dealkylation sites (tertiary alicyclic amines) is 1. The minimum Gasteiger partial charge on any atom is -0.496 e. The second-order valence-electron chi connectivity index (χ2n) is 11.3. The minimum atomic E-state index is -0.967. The van der Waals surface area contributed by atoms with Gasteiger partial charge in [-0.1, -0.05) is 55.1 Å². The molecule has 4 unspecified atom stereocenters. The third-order valence-corrected chi connectivity index (χ3v) is 8.13. The van der Waals surface area contributed by atoms with E-state index < -0.39 is 11.9 Å². The number of piperidine rings is 1. The zero-order valence-corrected chi connectivity index (χ0v) is 25.6. The lowest BCUT2D eigenvalue weighted by atomic mass is 9.74. The Hall–Kier alpha value is -4.73. The molecule has 0 spiro atoms. The van der Waals surface area contributed by atoms with E-state index in [0.717, 1.165) is 35.9 Å². The maximum atomic E-state index is 13.5. The first-order valence-electron chi connectivity index (χ1n) is 15.1. The van der Waals surface area contributed by atoms with Crippen LogP contribution in [-0.2, 0) is 20.8 Å². The number of anilines is 1. The lowest BCUT2D eigenvalue weighted by Gasteiger charge is -2.46. The number of benzene rings is 2. The van der Waals surface area contributed by atoms with E-state index in [1.807, 2.05) is 74.7 Å². The van der Waals surface area contributed by atoms with Gasteiger partial charge in [-0.15, -0.1) is 0 Å². The highest BCUT2D eigenvalue weighted by atomic mass is 16.5. The van der Waals surface area contributed by atoms with E-state index in [1.54, 1.807) is 24.3 Å². The van der Waals surface area contributed by atoms with Gasteiger partial charge in [0.05, 0.1) is 48.5 Å². The molecule has 3 N–H and O–H groups in total. The number of hydrogen-bond acceptors (Lipinski definition) is 8. The highest BCUT2D eigenvalue weighted by Gasteiger charge is 2.45. The third-order valence-electron chi connectivity index (χ3n) is 8.13. The summed E-state index contributed by atoms with van der Waals surface area (Å²) in [4.78, 5) is 40.3. The van der Waals surface area contributed by atoms with E-state index >= 15 is 0 Å². The van der Waals surface area contributed by atoms with Crippen LogP contribution in [0, 0.1) is 11.8 Å². The summed E-state index contributed by atoms with van der Waals surface area (Å²) >= 11 is 0. The molecule has 1 saturated heterocycles. The van der Waals surface area contributed by atoms with Crippen molar-refractivity contribution >= 4 is 23.2 Å². The van der Waals surface area contributed by atoms with E-state index in [0.29, 0.717) is 30.9 Å². The zero-order valence-electron chi connectivity index (χ0n) is 25.6. The monoisotopic (exact) mass is 609 g/mol. The second kappa shape index (κ2) is 14.4. The van der Waals surface area contributed by atoms with E-state index in [4.69, 9.17) is 9.47 Å². The Morgan fingerprint density at radius 3 is 2.47 bits per heavy atom. The fraction of sp³-hybridized carbons (Fsp3) is 0.306. The fourth-order valence-electron chi connectivity index (χ4n) is 5.91. The van der Waals surface area contributed by atoms with Crippen LogP contribution in [-0.4, -0.2) is 73.0 Å². The Bertz CT molecular complexity index is 1570. The second-order valence-corrected chi connectivity index (χ2v) is 11.3. The summed E-state index contributed by atoms with van der Waals surface area (Å²) in [6.45, 7) is 8.76. The lowest BCUT2D eigenvalue weighted by molar-refractivity contribution is -0.120. The maximum absolute atomic E-state index is 13.5. The summed E-state index contributed by atoms with van der Waals surface area (Å²) in [7, 11) is 1.90. The molecule has 0 bridgehead atoms. The summed E-state index contributed by atoms with van der Waals surface area (Å²) in [5, 5.41) is 15.6. The fourth-order valence-corrected chi connectivity index (χ4v) is 5.91. The quantitative estimate of drug-likeness (QED) is 0.259. The highest BCUT2D eigenvalue weighted by Crippen LogP contribution is 2.42. The molecule has 234 valence electrons. The first kappa shape index (κ1) is 31.7. The molecular formula is C36H39N3O6. The summed E-state index contributed by atoms with van der Waals surface area (Å²) in [6.07, 6.45) is 11.7. The zero-order chi connectivity index (χ0) is 31.9. The van der Waals surface area contributed by atoms with Crippen LogP contribution in [0.1, 0.15) is 33.2 Å². The number of rotatable bonds is 10. The van der Waals surface area contributed by atoms with Crippen LogP contribution in [0.3, 0.4) is 0 Å². The molecule has 2 aromatic rings. The number of ketones is 2. The van der Waals surface area contributed by atoms with Gasteiger partial charge in [-0.05, 0) is 56.0 Å². The average molecular weight is 610 g/mol. The topological polar surface area (TPSA) is 117 Å². The van der Waals surface area contributed by atoms with E-state index in [2.05, 4.69) is 22.1 Å². The van der Waals surface area contributed by atoms with Crippen LogP contribution in [0.15, 0.2) is 109 Å². The van der Waals surface area contributed by atoms with Crippen LogP contribution in [0.4, 0.5) is 5.69 Å². The Morgan fingerprint density at radius 2 is 1.73 bits per heavy atom. The Balaban J connectivity index is 0.000000314. The standard InChI is InChI=1S/C28H22N2O4.C8H17NO2/c31-26-18-5-1-3-7-22(18)29-23-13-21-25(14-20(23)26)30(24-8-4-2-6-19(24)27(21)32)15-16-9-11-17(12-10-16)28(33)34;1-8(2)11-7-6-10-5-4-9-3/h1-14,19-20,23-24,29H,15H2,(H,33,34);9H,1,4-7H2,2-3H3. The molecule has 4 aliphatic rings. The molecule has 2 aromatic carbocycles. The number of aromatic carboxylic acids is 1. The molecule has 1 fully saturated rings. The number of carbonyl (C=O) groups excluding carboxylic acids is 2. The van der Waals surface area contributed by atoms with Crippen molar-refractivity contribution in [3.63, 3.8) is 0 Å². The third kappa shape index (κ3) is 7.16. The van der Waals surface area contributed by atoms with Gasteiger partial charge in [0.2, 0.25) is 0 Å². The van der Waals surface area contributed by atoms with E-state index in [1.165, 1.54) is 0 Å². The number of ether oxygens (including phenoxy) is 2. The number of carboxylic acids is 1. The number of hydrogen-bond donors (Lipinski definition) is 3. The van der Waals surface area contributed by atoms with Gasteiger partial charge in [0, 0.05) is 35.6 Å². The van der Waals surface area contributed by atoms with Crippen molar-refractivity contribution < 1.29 is 29.0 Å². The minimum absolute atomic E-state index is 0.0431. The maximum Gasteiger partial charge on any atom is 0.335 e. The molecule has 2 aliphatic heterocycles. The number of likely N-dealkylation sites (N-methyl/N-ethyl adjacent to an activating group) is 1. The van der Waals surface area contributed by atoms with E-state index in [-0.39, 0.29) is 35.1 Å². The van der Waals surface area contributed by atoms with Gasteiger partial charge in [0.1, 0.15) is 6.61 Å². The van der Waals surface area contributed by atoms with Crippen LogP contribution in [0.5, 0.6) is 0 Å². The summed E-state index contributed by atoms with van der Waals surface area (Å²) < 4.78 is 10.3. The van der Waals surface area contributed by atoms with Crippen LogP contribution < -0.4 is 10.6 Å². The SMILES string of the molecule is C=C(C)OCCOCCNC.O=C(O)c1ccc(CN2C3=CC4C(=O)c5ccccc5NC4C=C3C(=O)C3C=CC=CC32)cc1. The number of Topliss-reactive ketones (excluding diaryl/α,β-unsaturated/α-hetero) is 2. The van der Waals surface area contributed by atoms with Gasteiger partial charge < -0.3 is 30.1 Å². The normalized spacial score (nSPS) is 22.3. The molecule has 4 atom stereocenters. The Kier molecular flexibility index (Phi) is 10.1. The molecule has 0 amide bonds. The van der Waals surface area contributed by atoms with Crippen molar-refractivity contribution in [1.82, 2.24) is 10.2 Å². The molecule has 2 aliphatic carbocycles. The number of nitrogens with zero attached hydrogens (tertiary/aromatic N) is 1. The largest absolute Gasteiger partial charge is 0.496 e. The van der Waals surface area contributed by atoms with Crippen molar-refractivity contribution in [2.24, 2.45) is 11.8 Å². The van der Waals surface area contributed by atoms with E-state index in [9.17, 15) is 19.5 Å². The molecule has 9 nitrogen and oxygen atoms in total. The summed E-state index contributed by atoms with van der Waals surface area (Å²) in [5.74, 6) is -0.845. The number of nitrogens with one attached hydrogen (secondary N) is 2. The van der Waals surface area contributed by atoms with Gasteiger partial charge >= 0.3 is 5.97 Å². The Morgan fingerprint density at radius 1 is 0.978 bits per heavy atom. The molecular weight excluding hydrogens is 570 g/mol. The van der Waals surface area contributed by atoms with Crippen molar-refractivity contribution in [2.75, 3.05) is 38.7 Å². The lowest BCUT2D eigenvalue weighted by Crippen LogP contribution is -2.51. The molecule has 9 heteroatoms. The molecule has 0 radical (unpaired) electrons. The Labute approximate surface area is 263 Å². The van der Waals surface area contributed by atoms with Crippen molar-refractivity contribution in [1.29, 1.82) is 0 Å². The van der Waals surface area contributed by atoms with Crippen LogP contribution >= 0.6 is 0 Å².